The van der Waals surface area contributed by atoms with Gasteiger partial charge < -0.3 is 9.84 Å². The second-order valence-corrected chi connectivity index (χ2v) is 14.1. The summed E-state index contributed by atoms with van der Waals surface area (Å²) in [5.74, 6) is -1.05. The topological polar surface area (TPSA) is 93.6 Å². The minimum atomic E-state index is -3.74. The van der Waals surface area contributed by atoms with Crippen molar-refractivity contribution in [1.82, 2.24) is 4.98 Å². The van der Waals surface area contributed by atoms with Crippen LogP contribution in [0.3, 0.4) is 0 Å². The van der Waals surface area contributed by atoms with Crippen LogP contribution in [0.25, 0.3) is 10.9 Å². The number of cyclic esters (lactones) is 1. The third kappa shape index (κ3) is 5.88. The molecule has 1 atom stereocenters. The number of carbonyl (C=O) groups excluding carboxylic acids is 1. The first-order valence-corrected chi connectivity index (χ1v) is 16.9. The average molecular weight is 616 g/mol. The maximum Gasteiger partial charge on any atom is 0.339 e. The van der Waals surface area contributed by atoms with Gasteiger partial charge in [-0.15, -0.1) is 0 Å². The Morgan fingerprint density at radius 1 is 0.778 bits per heavy atom. The van der Waals surface area contributed by atoms with Gasteiger partial charge in [-0.05, 0) is 59.2 Å². The molecule has 7 rings (SSSR count). The van der Waals surface area contributed by atoms with Crippen LogP contribution >= 0.6 is 0 Å². The Morgan fingerprint density at radius 2 is 1.40 bits per heavy atom. The molecule has 45 heavy (non-hydrogen) atoms. The van der Waals surface area contributed by atoms with Crippen LogP contribution in [0.5, 0.6) is 0 Å². The summed E-state index contributed by atoms with van der Waals surface area (Å²) < 4.78 is 33.2. The Morgan fingerprint density at radius 3 is 2.07 bits per heavy atom. The predicted molar refractivity (Wildman–Crippen MR) is 173 cm³/mol. The van der Waals surface area contributed by atoms with Crippen molar-refractivity contribution in [2.75, 3.05) is 0 Å². The molecule has 1 aliphatic carbocycles. The summed E-state index contributed by atoms with van der Waals surface area (Å²) in [4.78, 5) is 18.2. The SMILES string of the molecule is O=C1OC(Cc2ccccc2)(Cc2ccccc2)C(O)=C1C(c1cccc(CS(=O)(=O)c2ccc3ccccc3n2)c1)C1CC1. The summed E-state index contributed by atoms with van der Waals surface area (Å²) in [6.07, 6.45) is 2.47. The van der Waals surface area contributed by atoms with Gasteiger partial charge in [-0.1, -0.05) is 103 Å². The number of ether oxygens (including phenoxy) is 1. The molecule has 2 aliphatic rings. The van der Waals surface area contributed by atoms with Gasteiger partial charge in [0.1, 0.15) is 5.76 Å². The monoisotopic (exact) mass is 615 g/mol. The van der Waals surface area contributed by atoms with E-state index in [0.717, 1.165) is 34.9 Å². The Kier molecular flexibility index (Phi) is 7.50. The van der Waals surface area contributed by atoms with Crippen molar-refractivity contribution in [3.8, 4) is 0 Å². The highest BCUT2D eigenvalue weighted by Crippen LogP contribution is 2.51. The smallest absolute Gasteiger partial charge is 0.339 e. The van der Waals surface area contributed by atoms with Gasteiger partial charge in [0.05, 0.1) is 16.8 Å². The highest BCUT2D eigenvalue weighted by molar-refractivity contribution is 7.90. The minimum Gasteiger partial charge on any atom is -0.507 e. The normalized spacial score (nSPS) is 16.9. The van der Waals surface area contributed by atoms with Gasteiger partial charge in [0.25, 0.3) is 0 Å². The van der Waals surface area contributed by atoms with Gasteiger partial charge in [-0.25, -0.2) is 18.2 Å². The number of para-hydroxylation sites is 1. The largest absolute Gasteiger partial charge is 0.507 e. The lowest BCUT2D eigenvalue weighted by Crippen LogP contribution is -2.37. The molecule has 0 amide bonds. The zero-order valence-corrected chi connectivity index (χ0v) is 25.5. The molecule has 1 saturated carbocycles. The third-order valence-electron chi connectivity index (χ3n) is 8.82. The Hall–Kier alpha value is -4.75. The number of aromatic nitrogens is 1. The van der Waals surface area contributed by atoms with Crippen LogP contribution in [-0.2, 0) is 38.0 Å². The van der Waals surface area contributed by atoms with E-state index in [1.807, 2.05) is 97.1 Å². The zero-order chi connectivity index (χ0) is 31.0. The van der Waals surface area contributed by atoms with Crippen LogP contribution < -0.4 is 0 Å². The van der Waals surface area contributed by atoms with E-state index < -0.39 is 27.3 Å². The number of sulfone groups is 1. The molecule has 1 N–H and O–H groups in total. The van der Waals surface area contributed by atoms with E-state index in [0.29, 0.717) is 23.9 Å². The lowest BCUT2D eigenvalue weighted by atomic mass is 9.81. The predicted octanol–water partition coefficient (Wildman–Crippen LogP) is 7.30. The molecule has 0 saturated heterocycles. The second kappa shape index (κ2) is 11.6. The highest BCUT2D eigenvalue weighted by Gasteiger charge is 2.52. The third-order valence-corrected chi connectivity index (χ3v) is 10.4. The molecule has 1 unspecified atom stereocenters. The van der Waals surface area contributed by atoms with E-state index in [9.17, 15) is 18.3 Å². The van der Waals surface area contributed by atoms with E-state index in [1.165, 1.54) is 0 Å². The fourth-order valence-electron chi connectivity index (χ4n) is 6.54. The van der Waals surface area contributed by atoms with Gasteiger partial charge in [-0.3, -0.25) is 0 Å². The van der Waals surface area contributed by atoms with Crippen LogP contribution in [0.2, 0.25) is 0 Å². The van der Waals surface area contributed by atoms with Gasteiger partial charge in [-0.2, -0.15) is 0 Å². The van der Waals surface area contributed by atoms with Crippen molar-refractivity contribution in [2.24, 2.45) is 5.92 Å². The van der Waals surface area contributed by atoms with E-state index >= 15 is 0 Å². The summed E-state index contributed by atoms with van der Waals surface area (Å²) >= 11 is 0. The molecule has 0 radical (unpaired) electrons. The van der Waals surface area contributed by atoms with E-state index in [-0.39, 0.29) is 28.0 Å². The first-order chi connectivity index (χ1) is 21.8. The number of aliphatic hydroxyl groups excluding tert-OH is 1. The summed E-state index contributed by atoms with van der Waals surface area (Å²) in [6.45, 7) is 0. The van der Waals surface area contributed by atoms with Gasteiger partial charge >= 0.3 is 5.97 Å². The molecule has 7 heteroatoms. The van der Waals surface area contributed by atoms with Gasteiger partial charge in [0.15, 0.2) is 20.5 Å². The van der Waals surface area contributed by atoms with Crippen LogP contribution in [0, 0.1) is 5.92 Å². The molecule has 2 heterocycles. The van der Waals surface area contributed by atoms with Crippen molar-refractivity contribution in [2.45, 2.75) is 48.0 Å². The molecule has 226 valence electrons. The number of benzene rings is 4. The molecule has 0 bridgehead atoms. The number of hydrogen-bond acceptors (Lipinski definition) is 6. The molecular formula is C38H33NO5S. The van der Waals surface area contributed by atoms with Gasteiger partial charge in [0, 0.05) is 24.1 Å². The van der Waals surface area contributed by atoms with Crippen molar-refractivity contribution in [3.63, 3.8) is 0 Å². The maximum absolute atomic E-state index is 13.8. The van der Waals surface area contributed by atoms with Gasteiger partial charge in [0.2, 0.25) is 0 Å². The summed E-state index contributed by atoms with van der Waals surface area (Å²) in [5, 5.41) is 12.9. The summed E-state index contributed by atoms with van der Waals surface area (Å²) in [5.41, 5.74) is 2.95. The Labute approximate surface area is 263 Å². The fourth-order valence-corrected chi connectivity index (χ4v) is 7.82. The maximum atomic E-state index is 13.8. The minimum absolute atomic E-state index is 0.0247. The summed E-state index contributed by atoms with van der Waals surface area (Å²) in [6, 6.07) is 37.6. The van der Waals surface area contributed by atoms with Crippen molar-refractivity contribution in [3.05, 3.63) is 155 Å². The van der Waals surface area contributed by atoms with Crippen LogP contribution in [0.15, 0.2) is 138 Å². The number of fused-ring (bicyclic) bond motifs is 1. The lowest BCUT2D eigenvalue weighted by molar-refractivity contribution is -0.148. The van der Waals surface area contributed by atoms with Crippen LogP contribution in [0.4, 0.5) is 0 Å². The van der Waals surface area contributed by atoms with Crippen molar-refractivity contribution in [1.29, 1.82) is 0 Å². The van der Waals surface area contributed by atoms with E-state index in [2.05, 4.69) is 4.98 Å². The first-order valence-electron chi connectivity index (χ1n) is 15.2. The zero-order valence-electron chi connectivity index (χ0n) is 24.7. The van der Waals surface area contributed by atoms with Crippen molar-refractivity contribution < 1.29 is 23.1 Å². The lowest BCUT2D eigenvalue weighted by Gasteiger charge is -2.29. The summed E-state index contributed by atoms with van der Waals surface area (Å²) in [7, 11) is -3.74. The first kappa shape index (κ1) is 29.0. The van der Waals surface area contributed by atoms with Crippen LogP contribution in [-0.4, -0.2) is 30.1 Å². The second-order valence-electron chi connectivity index (χ2n) is 12.1. The van der Waals surface area contributed by atoms with Crippen molar-refractivity contribution >= 4 is 26.7 Å². The average Bonchev–Trinajstić information content (AvgIpc) is 3.85. The quantitative estimate of drug-likeness (QED) is 0.166. The molecule has 1 fully saturated rings. The standard InChI is InChI=1S/C38H33NO5S/c40-36-35(37(41)44-38(36,23-26-10-3-1-4-11-26)24-27-12-5-2-6-13-27)34(30-18-19-30)31-16-9-14-28(22-31)25-45(42,43)33-21-20-29-15-7-8-17-32(29)39-33/h1-17,20-22,30,34,40H,18-19,23-25H2. The molecule has 4 aromatic carbocycles. The number of carbonyl (C=O) groups is 1. The highest BCUT2D eigenvalue weighted by atomic mass is 32.2. The van der Waals surface area contributed by atoms with E-state index in [1.54, 1.807) is 24.3 Å². The number of rotatable bonds is 10. The molecular weight excluding hydrogens is 582 g/mol. The van der Waals surface area contributed by atoms with E-state index in [4.69, 9.17) is 4.74 Å². The molecule has 6 nitrogen and oxygen atoms in total. The number of aliphatic hydroxyl groups is 1. The van der Waals surface area contributed by atoms with Crippen LogP contribution in [0.1, 0.15) is 41.0 Å². The molecule has 0 spiro atoms. The number of pyridine rings is 1. The Balaban J connectivity index is 1.25. The molecule has 1 aromatic heterocycles. The fraction of sp³-hybridized carbons (Fsp3) is 0.211. The Bertz CT molecular complexity index is 1980. The number of esters is 1. The molecule has 1 aliphatic heterocycles. The number of nitrogens with zero attached hydrogens (tertiary/aromatic N) is 1. The molecule has 5 aromatic rings. The number of hydrogen-bond donors (Lipinski definition) is 1.